The molecule has 7 rings (SSSR count). The predicted octanol–water partition coefficient (Wildman–Crippen LogP) is 5.83. The molecule has 3 atom stereocenters. The van der Waals surface area contributed by atoms with Crippen LogP contribution in [0.4, 0.5) is 5.69 Å². The van der Waals surface area contributed by atoms with E-state index < -0.39 is 46.9 Å². The van der Waals surface area contributed by atoms with Crippen LogP contribution in [0.25, 0.3) is 0 Å². The molecule has 0 unspecified atom stereocenters. The third-order valence-corrected chi connectivity index (χ3v) is 8.04. The minimum absolute atomic E-state index is 0.197. The molecule has 0 saturated carbocycles. The Hall–Kier alpha value is -4.59. The van der Waals surface area contributed by atoms with E-state index in [0.29, 0.717) is 27.8 Å². The summed E-state index contributed by atoms with van der Waals surface area (Å²) in [6, 6.07) is 28.7. The smallest absolute Gasteiger partial charge is 0.241 e. The molecule has 2 fully saturated rings. The minimum atomic E-state index is -2.10. The Morgan fingerprint density at radius 2 is 1.23 bits per heavy atom. The molecule has 7 nitrogen and oxygen atoms in total. The highest BCUT2D eigenvalue weighted by atomic mass is 35.5. The molecule has 1 aliphatic carbocycles. The van der Waals surface area contributed by atoms with Gasteiger partial charge >= 0.3 is 0 Å². The van der Waals surface area contributed by atoms with E-state index in [1.165, 1.54) is 0 Å². The minimum Gasteiger partial charge on any atom is -0.457 e. The Morgan fingerprint density at radius 3 is 1.82 bits per heavy atom. The molecule has 0 bridgehead atoms. The molecule has 1 spiro atoms. The van der Waals surface area contributed by atoms with Crippen molar-refractivity contribution in [1.82, 2.24) is 0 Å². The van der Waals surface area contributed by atoms with Gasteiger partial charge < -0.3 is 9.47 Å². The number of benzene rings is 4. The molecule has 2 aliphatic heterocycles. The summed E-state index contributed by atoms with van der Waals surface area (Å²) in [4.78, 5) is 56.8. The van der Waals surface area contributed by atoms with E-state index in [-0.39, 0.29) is 11.1 Å². The van der Waals surface area contributed by atoms with Crippen LogP contribution in [0.2, 0.25) is 5.02 Å². The van der Waals surface area contributed by atoms with Crippen molar-refractivity contribution in [3.8, 4) is 11.5 Å². The van der Waals surface area contributed by atoms with Crippen LogP contribution >= 0.6 is 11.6 Å². The molecule has 40 heavy (non-hydrogen) atoms. The van der Waals surface area contributed by atoms with E-state index in [2.05, 4.69) is 0 Å². The first-order chi connectivity index (χ1) is 19.4. The van der Waals surface area contributed by atoms with Gasteiger partial charge in [-0.2, -0.15) is 0 Å². The lowest BCUT2D eigenvalue weighted by Crippen LogP contribution is -2.51. The molecule has 2 saturated heterocycles. The number of nitrogens with zero attached hydrogens (tertiary/aromatic N) is 1. The number of imide groups is 1. The maximum absolute atomic E-state index is 14.1. The van der Waals surface area contributed by atoms with Crippen LogP contribution in [-0.4, -0.2) is 29.0 Å². The van der Waals surface area contributed by atoms with Crippen LogP contribution in [0.5, 0.6) is 11.5 Å². The maximum Gasteiger partial charge on any atom is 0.241 e. The summed E-state index contributed by atoms with van der Waals surface area (Å²) in [7, 11) is 0. The number of amides is 2. The molecule has 4 aromatic carbocycles. The van der Waals surface area contributed by atoms with Crippen molar-refractivity contribution in [3.63, 3.8) is 0 Å². The van der Waals surface area contributed by atoms with Gasteiger partial charge in [0.1, 0.15) is 11.5 Å². The third-order valence-electron chi connectivity index (χ3n) is 7.79. The number of rotatable bonds is 4. The first-order valence-corrected chi connectivity index (χ1v) is 13.1. The van der Waals surface area contributed by atoms with Gasteiger partial charge in [0.05, 0.1) is 23.6 Å². The predicted molar refractivity (Wildman–Crippen MR) is 146 cm³/mol. The number of carbonyl (C=O) groups excluding carboxylic acids is 4. The lowest BCUT2D eigenvalue weighted by Gasteiger charge is -2.27. The van der Waals surface area contributed by atoms with Gasteiger partial charge in [0, 0.05) is 16.1 Å². The second-order valence-electron chi connectivity index (χ2n) is 9.95. The monoisotopic (exact) mass is 549 g/mol. The molecule has 2 heterocycles. The maximum atomic E-state index is 14.1. The van der Waals surface area contributed by atoms with Crippen LogP contribution in [0.15, 0.2) is 103 Å². The number of Topliss-reactive ketones (excluding diaryl/α,β-unsaturated/α-hetero) is 2. The summed E-state index contributed by atoms with van der Waals surface area (Å²) in [5, 5.41) is 0.581. The average molecular weight is 550 g/mol. The zero-order valence-electron chi connectivity index (χ0n) is 20.8. The highest BCUT2D eigenvalue weighted by Gasteiger charge is 2.74. The summed E-state index contributed by atoms with van der Waals surface area (Å²) < 4.78 is 12.1. The van der Waals surface area contributed by atoms with Crippen molar-refractivity contribution in [3.05, 3.63) is 125 Å². The Balaban J connectivity index is 1.28. The first kappa shape index (κ1) is 24.5. The van der Waals surface area contributed by atoms with Crippen LogP contribution in [0.1, 0.15) is 32.4 Å². The fourth-order valence-corrected chi connectivity index (χ4v) is 6.14. The molecule has 0 radical (unpaired) electrons. The molecule has 0 N–H and O–H groups in total. The lowest BCUT2D eigenvalue weighted by molar-refractivity contribution is -0.127. The highest BCUT2D eigenvalue weighted by molar-refractivity contribution is 6.37. The van der Waals surface area contributed by atoms with E-state index in [4.69, 9.17) is 21.1 Å². The van der Waals surface area contributed by atoms with Crippen molar-refractivity contribution >= 4 is 40.7 Å². The summed E-state index contributed by atoms with van der Waals surface area (Å²) in [6.07, 6.45) is -0.956. The molecule has 3 aliphatic rings. The van der Waals surface area contributed by atoms with Gasteiger partial charge in [-0.1, -0.05) is 66.2 Å². The number of hydrogen-bond donors (Lipinski definition) is 0. The number of anilines is 1. The Bertz CT molecular complexity index is 1660. The number of carbonyl (C=O) groups is 4. The van der Waals surface area contributed by atoms with Crippen molar-refractivity contribution in [2.45, 2.75) is 11.7 Å². The van der Waals surface area contributed by atoms with Gasteiger partial charge in [-0.3, -0.25) is 19.2 Å². The largest absolute Gasteiger partial charge is 0.457 e. The summed E-state index contributed by atoms with van der Waals surface area (Å²) in [5.41, 5.74) is -0.788. The summed E-state index contributed by atoms with van der Waals surface area (Å²) in [6.45, 7) is 0. The van der Waals surface area contributed by atoms with Crippen LogP contribution in [0.3, 0.4) is 0 Å². The Labute approximate surface area is 233 Å². The first-order valence-electron chi connectivity index (χ1n) is 12.7. The van der Waals surface area contributed by atoms with Gasteiger partial charge in [0.15, 0.2) is 0 Å². The zero-order chi connectivity index (χ0) is 27.6. The van der Waals surface area contributed by atoms with E-state index in [0.717, 1.165) is 4.90 Å². The second-order valence-corrected chi connectivity index (χ2v) is 10.4. The van der Waals surface area contributed by atoms with E-state index in [1.807, 2.05) is 6.07 Å². The van der Waals surface area contributed by atoms with Crippen molar-refractivity contribution < 1.29 is 28.7 Å². The highest BCUT2D eigenvalue weighted by Crippen LogP contribution is 2.57. The van der Waals surface area contributed by atoms with E-state index >= 15 is 0 Å². The molecule has 8 heteroatoms. The Kier molecular flexibility index (Phi) is 5.49. The molecule has 196 valence electrons. The van der Waals surface area contributed by atoms with Crippen LogP contribution in [-0.2, 0) is 14.3 Å². The fourth-order valence-electron chi connectivity index (χ4n) is 6.02. The zero-order valence-corrected chi connectivity index (χ0v) is 21.6. The van der Waals surface area contributed by atoms with Gasteiger partial charge in [-0.05, 0) is 54.1 Å². The van der Waals surface area contributed by atoms with Gasteiger partial charge in [-0.25, -0.2) is 4.90 Å². The van der Waals surface area contributed by atoms with Crippen molar-refractivity contribution in [2.24, 2.45) is 11.8 Å². The number of fused-ring (bicyclic) bond motifs is 3. The molecule has 4 aromatic rings. The SMILES string of the molecule is O=C1[C@H]2[C@H](c3ccccc3)OC3(C(=O)c4ccccc4C3=O)[C@H]2C(=O)N1c1ccc(Oc2ccc(Cl)cc2)cc1. The number of ketones is 2. The van der Waals surface area contributed by atoms with Crippen LogP contribution in [0, 0.1) is 11.8 Å². The third kappa shape index (κ3) is 3.41. The van der Waals surface area contributed by atoms with Crippen molar-refractivity contribution in [1.29, 1.82) is 0 Å². The number of hydrogen-bond acceptors (Lipinski definition) is 6. The summed E-state index contributed by atoms with van der Waals surface area (Å²) in [5.74, 6) is -3.64. The van der Waals surface area contributed by atoms with Crippen molar-refractivity contribution in [2.75, 3.05) is 4.90 Å². The molecule has 2 amide bonds. The Morgan fingerprint density at radius 1 is 0.675 bits per heavy atom. The second kappa shape index (κ2) is 8.98. The quantitative estimate of drug-likeness (QED) is 0.235. The topological polar surface area (TPSA) is 90.0 Å². The van der Waals surface area contributed by atoms with E-state index in [9.17, 15) is 19.2 Å². The summed E-state index contributed by atoms with van der Waals surface area (Å²) >= 11 is 5.94. The molecular formula is C32H20ClNO6. The average Bonchev–Trinajstić information content (AvgIpc) is 3.55. The lowest BCUT2D eigenvalue weighted by atomic mass is 9.77. The standard InChI is InChI=1S/C32H20ClNO6/c33-19-10-14-21(15-11-19)39-22-16-12-20(13-17-22)34-30(37)25-26(31(34)38)32(40-27(25)18-6-2-1-3-7-18)28(35)23-8-4-5-9-24(23)29(32)36/h1-17,25-27H/t25-,26-,27+/m1/s1. The van der Waals surface area contributed by atoms with Crippen LogP contribution < -0.4 is 9.64 Å². The fraction of sp³-hybridized carbons (Fsp3) is 0.125. The molecular weight excluding hydrogens is 530 g/mol. The normalized spacial score (nSPS) is 22.6. The molecule has 0 aromatic heterocycles. The van der Waals surface area contributed by atoms with E-state index in [1.54, 1.807) is 97.1 Å². The van der Waals surface area contributed by atoms with Gasteiger partial charge in [-0.15, -0.1) is 0 Å². The number of ether oxygens (including phenoxy) is 2. The van der Waals surface area contributed by atoms with Gasteiger partial charge in [0.2, 0.25) is 29.0 Å². The number of halogens is 1. The van der Waals surface area contributed by atoms with Gasteiger partial charge in [0.25, 0.3) is 0 Å².